The van der Waals surface area contributed by atoms with Crippen LogP contribution in [0.1, 0.15) is 25.8 Å². The van der Waals surface area contributed by atoms with Crippen LogP contribution in [0.2, 0.25) is 0 Å². The van der Waals surface area contributed by atoms with Crippen molar-refractivity contribution in [1.82, 2.24) is 10.2 Å². The standard InChI is InChI=1S/C20H28N2O/c1-16-14-22(15-17(2)23-16)11-5-10-21-13-18-8-9-19-6-3-4-7-20(19)12-18/h3-4,6-9,12,16-17,21H,5,10-11,13-15H2,1-2H3/t16-,17-/m0/s1. The molecule has 1 N–H and O–H groups in total. The Morgan fingerprint density at radius 1 is 1.04 bits per heavy atom. The van der Waals surface area contributed by atoms with E-state index in [0.717, 1.165) is 32.7 Å². The van der Waals surface area contributed by atoms with Gasteiger partial charge in [-0.25, -0.2) is 0 Å². The van der Waals surface area contributed by atoms with Crippen LogP contribution in [0.15, 0.2) is 42.5 Å². The third-order valence-corrected chi connectivity index (χ3v) is 4.47. The lowest BCUT2D eigenvalue weighted by molar-refractivity contribution is -0.0680. The molecule has 3 heteroatoms. The first kappa shape index (κ1) is 16.4. The summed E-state index contributed by atoms with van der Waals surface area (Å²) in [6.07, 6.45) is 1.92. The van der Waals surface area contributed by atoms with Gasteiger partial charge in [-0.3, -0.25) is 4.90 Å². The van der Waals surface area contributed by atoms with Gasteiger partial charge in [0.1, 0.15) is 0 Å². The number of morpholine rings is 1. The Bertz CT molecular complexity index is 618. The largest absolute Gasteiger partial charge is 0.373 e. The Morgan fingerprint density at radius 2 is 1.78 bits per heavy atom. The zero-order chi connectivity index (χ0) is 16.1. The molecule has 3 nitrogen and oxygen atoms in total. The fraction of sp³-hybridized carbons (Fsp3) is 0.500. The maximum atomic E-state index is 5.78. The maximum absolute atomic E-state index is 5.78. The Labute approximate surface area is 139 Å². The van der Waals surface area contributed by atoms with Gasteiger partial charge in [-0.05, 0) is 55.8 Å². The lowest BCUT2D eigenvalue weighted by atomic mass is 10.1. The molecule has 2 atom stereocenters. The number of hydrogen-bond donors (Lipinski definition) is 1. The van der Waals surface area contributed by atoms with E-state index in [1.165, 1.54) is 22.8 Å². The molecule has 2 aromatic carbocycles. The summed E-state index contributed by atoms with van der Waals surface area (Å²) in [5.41, 5.74) is 1.36. The van der Waals surface area contributed by atoms with E-state index < -0.39 is 0 Å². The predicted octanol–water partition coefficient (Wildman–Crippen LogP) is 3.43. The van der Waals surface area contributed by atoms with E-state index in [2.05, 4.69) is 66.5 Å². The molecule has 124 valence electrons. The van der Waals surface area contributed by atoms with E-state index >= 15 is 0 Å². The van der Waals surface area contributed by atoms with Crippen LogP contribution >= 0.6 is 0 Å². The van der Waals surface area contributed by atoms with Gasteiger partial charge in [0, 0.05) is 19.6 Å². The molecule has 0 spiro atoms. The van der Waals surface area contributed by atoms with Crippen LogP contribution in [-0.2, 0) is 11.3 Å². The van der Waals surface area contributed by atoms with Crippen molar-refractivity contribution in [3.05, 3.63) is 48.0 Å². The van der Waals surface area contributed by atoms with Crippen LogP contribution in [0.5, 0.6) is 0 Å². The summed E-state index contributed by atoms with van der Waals surface area (Å²) >= 11 is 0. The third kappa shape index (κ3) is 4.77. The Hall–Kier alpha value is -1.42. The molecule has 0 amide bonds. The highest BCUT2D eigenvalue weighted by molar-refractivity contribution is 5.82. The summed E-state index contributed by atoms with van der Waals surface area (Å²) in [5, 5.41) is 6.20. The summed E-state index contributed by atoms with van der Waals surface area (Å²) in [5.74, 6) is 0. The minimum Gasteiger partial charge on any atom is -0.373 e. The summed E-state index contributed by atoms with van der Waals surface area (Å²) in [6, 6.07) is 15.3. The molecular formula is C20H28N2O. The molecule has 2 aromatic rings. The van der Waals surface area contributed by atoms with Crippen LogP contribution in [0.4, 0.5) is 0 Å². The number of hydrogen-bond acceptors (Lipinski definition) is 3. The van der Waals surface area contributed by atoms with Gasteiger partial charge in [0.25, 0.3) is 0 Å². The number of fused-ring (bicyclic) bond motifs is 1. The van der Waals surface area contributed by atoms with Gasteiger partial charge in [-0.15, -0.1) is 0 Å². The van der Waals surface area contributed by atoms with Crippen LogP contribution in [0, 0.1) is 0 Å². The number of nitrogens with zero attached hydrogens (tertiary/aromatic N) is 1. The Balaban J connectivity index is 1.39. The van der Waals surface area contributed by atoms with E-state index in [4.69, 9.17) is 4.74 Å². The van der Waals surface area contributed by atoms with Crippen LogP contribution in [0.25, 0.3) is 10.8 Å². The van der Waals surface area contributed by atoms with Gasteiger partial charge < -0.3 is 10.1 Å². The molecule has 0 aliphatic carbocycles. The highest BCUT2D eigenvalue weighted by Crippen LogP contribution is 2.15. The van der Waals surface area contributed by atoms with Gasteiger partial charge in [0.05, 0.1) is 12.2 Å². The topological polar surface area (TPSA) is 24.5 Å². The highest BCUT2D eigenvalue weighted by Gasteiger charge is 2.21. The SMILES string of the molecule is C[C@H]1CN(CCCNCc2ccc3ccccc3c2)C[C@H](C)O1. The monoisotopic (exact) mass is 312 g/mol. The van der Waals surface area contributed by atoms with E-state index in [1.54, 1.807) is 0 Å². The van der Waals surface area contributed by atoms with Crippen molar-refractivity contribution in [1.29, 1.82) is 0 Å². The number of nitrogens with one attached hydrogen (secondary N) is 1. The Morgan fingerprint density at radius 3 is 2.57 bits per heavy atom. The Kier molecular flexibility index (Phi) is 5.65. The minimum atomic E-state index is 0.365. The van der Waals surface area contributed by atoms with Crippen molar-refractivity contribution in [2.75, 3.05) is 26.2 Å². The molecule has 0 bridgehead atoms. The molecule has 1 saturated heterocycles. The van der Waals surface area contributed by atoms with Crippen molar-refractivity contribution in [2.45, 2.75) is 39.0 Å². The van der Waals surface area contributed by atoms with Gasteiger partial charge in [0.15, 0.2) is 0 Å². The fourth-order valence-electron chi connectivity index (χ4n) is 3.48. The zero-order valence-corrected chi connectivity index (χ0v) is 14.3. The minimum absolute atomic E-state index is 0.365. The molecule has 0 radical (unpaired) electrons. The molecular weight excluding hydrogens is 284 g/mol. The van der Waals surface area contributed by atoms with Gasteiger partial charge >= 0.3 is 0 Å². The fourth-order valence-corrected chi connectivity index (χ4v) is 3.48. The maximum Gasteiger partial charge on any atom is 0.0678 e. The normalized spacial score (nSPS) is 22.5. The zero-order valence-electron chi connectivity index (χ0n) is 14.3. The van der Waals surface area contributed by atoms with Crippen molar-refractivity contribution in [3.8, 4) is 0 Å². The molecule has 1 heterocycles. The smallest absolute Gasteiger partial charge is 0.0678 e. The van der Waals surface area contributed by atoms with E-state index in [-0.39, 0.29) is 0 Å². The van der Waals surface area contributed by atoms with Crippen molar-refractivity contribution in [2.24, 2.45) is 0 Å². The van der Waals surface area contributed by atoms with Crippen LogP contribution < -0.4 is 5.32 Å². The molecule has 1 fully saturated rings. The first-order chi connectivity index (χ1) is 11.2. The molecule has 3 rings (SSSR count). The average molecular weight is 312 g/mol. The third-order valence-electron chi connectivity index (χ3n) is 4.47. The van der Waals surface area contributed by atoms with E-state index in [1.807, 2.05) is 0 Å². The summed E-state index contributed by atoms with van der Waals surface area (Å²) in [7, 11) is 0. The first-order valence-corrected chi connectivity index (χ1v) is 8.77. The van der Waals surface area contributed by atoms with E-state index in [9.17, 15) is 0 Å². The van der Waals surface area contributed by atoms with Crippen molar-refractivity contribution >= 4 is 10.8 Å². The molecule has 1 aliphatic rings. The average Bonchev–Trinajstić information content (AvgIpc) is 2.53. The molecule has 0 aromatic heterocycles. The van der Waals surface area contributed by atoms with Gasteiger partial charge in [0.2, 0.25) is 0 Å². The van der Waals surface area contributed by atoms with Gasteiger partial charge in [-0.2, -0.15) is 0 Å². The summed E-state index contributed by atoms with van der Waals surface area (Å²) < 4.78 is 5.78. The number of ether oxygens (including phenoxy) is 1. The predicted molar refractivity (Wildman–Crippen MR) is 96.7 cm³/mol. The molecule has 0 unspecified atom stereocenters. The van der Waals surface area contributed by atoms with Crippen molar-refractivity contribution < 1.29 is 4.74 Å². The number of benzene rings is 2. The molecule has 1 aliphatic heterocycles. The van der Waals surface area contributed by atoms with Crippen LogP contribution in [0.3, 0.4) is 0 Å². The van der Waals surface area contributed by atoms with E-state index in [0.29, 0.717) is 12.2 Å². The summed E-state index contributed by atoms with van der Waals surface area (Å²) in [4.78, 5) is 2.52. The highest BCUT2D eigenvalue weighted by atomic mass is 16.5. The summed E-state index contributed by atoms with van der Waals surface area (Å²) in [6.45, 7) is 9.63. The quantitative estimate of drug-likeness (QED) is 0.827. The van der Waals surface area contributed by atoms with Crippen molar-refractivity contribution in [3.63, 3.8) is 0 Å². The second-order valence-corrected chi connectivity index (χ2v) is 6.73. The lowest BCUT2D eigenvalue weighted by Gasteiger charge is -2.35. The van der Waals surface area contributed by atoms with Gasteiger partial charge in [-0.1, -0.05) is 36.4 Å². The second kappa shape index (κ2) is 7.91. The number of rotatable bonds is 6. The lowest BCUT2D eigenvalue weighted by Crippen LogP contribution is -2.46. The second-order valence-electron chi connectivity index (χ2n) is 6.73. The first-order valence-electron chi connectivity index (χ1n) is 8.77. The van der Waals surface area contributed by atoms with Crippen LogP contribution in [-0.4, -0.2) is 43.3 Å². The molecule has 23 heavy (non-hydrogen) atoms. The molecule has 0 saturated carbocycles.